The van der Waals surface area contributed by atoms with Gasteiger partial charge in [-0.25, -0.2) is 0 Å². The Morgan fingerprint density at radius 3 is 2.35 bits per heavy atom. The maximum atomic E-state index is 8.75. The van der Waals surface area contributed by atoms with E-state index in [1.54, 1.807) is 0 Å². The maximum Gasteiger partial charge on any atom is 0.288 e. The van der Waals surface area contributed by atoms with Gasteiger partial charge in [-0.05, 0) is 24.0 Å². The Labute approximate surface area is 102 Å². The summed E-state index contributed by atoms with van der Waals surface area (Å²) in [6.45, 7) is 2.40. The number of nitrogens with one attached hydrogen (secondary N) is 1. The standard InChI is InChI=1S/C13H21NO3/c1-2-3-6-11-7-4-5-8-12(11)9-14-10-13(15,16)17/h4-5,7-8,14-17H,2-3,6,9-10H2,1H3. The number of benzene rings is 1. The first kappa shape index (κ1) is 14.1. The van der Waals surface area contributed by atoms with Crippen LogP contribution in [0.5, 0.6) is 0 Å². The van der Waals surface area contributed by atoms with Crippen molar-refractivity contribution in [3.8, 4) is 0 Å². The normalized spacial score (nSPS) is 11.8. The van der Waals surface area contributed by atoms with Crippen molar-refractivity contribution in [2.45, 2.75) is 38.7 Å². The highest BCUT2D eigenvalue weighted by atomic mass is 16.7. The fourth-order valence-electron chi connectivity index (χ4n) is 1.71. The molecule has 0 bridgehead atoms. The van der Waals surface area contributed by atoms with E-state index in [2.05, 4.69) is 18.3 Å². The SMILES string of the molecule is CCCCc1ccccc1CNCC(O)(O)O. The molecule has 0 aromatic heterocycles. The van der Waals surface area contributed by atoms with E-state index in [0.29, 0.717) is 6.54 Å². The van der Waals surface area contributed by atoms with Crippen LogP contribution in [-0.4, -0.2) is 27.8 Å². The second-order valence-electron chi connectivity index (χ2n) is 4.25. The zero-order valence-electron chi connectivity index (χ0n) is 10.2. The van der Waals surface area contributed by atoms with Gasteiger partial charge in [-0.2, -0.15) is 0 Å². The van der Waals surface area contributed by atoms with Gasteiger partial charge in [0.1, 0.15) is 0 Å². The van der Waals surface area contributed by atoms with Crippen LogP contribution in [0.2, 0.25) is 0 Å². The van der Waals surface area contributed by atoms with Gasteiger partial charge in [0.05, 0.1) is 6.54 Å². The number of aryl methyl sites for hydroxylation is 1. The van der Waals surface area contributed by atoms with Crippen LogP contribution in [0.1, 0.15) is 30.9 Å². The lowest BCUT2D eigenvalue weighted by Gasteiger charge is -2.16. The number of rotatable bonds is 7. The van der Waals surface area contributed by atoms with E-state index in [1.807, 2.05) is 18.2 Å². The van der Waals surface area contributed by atoms with E-state index in [9.17, 15) is 0 Å². The molecule has 0 fully saturated rings. The maximum absolute atomic E-state index is 8.75. The van der Waals surface area contributed by atoms with E-state index in [1.165, 1.54) is 5.56 Å². The van der Waals surface area contributed by atoms with E-state index in [0.717, 1.165) is 24.8 Å². The molecule has 0 spiro atoms. The van der Waals surface area contributed by atoms with Crippen LogP contribution in [0.25, 0.3) is 0 Å². The predicted octanol–water partition coefficient (Wildman–Crippen LogP) is 0.749. The fourth-order valence-corrected chi connectivity index (χ4v) is 1.71. The molecule has 0 amide bonds. The number of hydrogen-bond donors (Lipinski definition) is 4. The molecule has 0 heterocycles. The summed E-state index contributed by atoms with van der Waals surface area (Å²) in [5, 5.41) is 29.1. The van der Waals surface area contributed by atoms with Crippen LogP contribution in [0, 0.1) is 0 Å². The van der Waals surface area contributed by atoms with Gasteiger partial charge in [0, 0.05) is 6.54 Å². The van der Waals surface area contributed by atoms with Crippen molar-refractivity contribution in [1.29, 1.82) is 0 Å². The van der Waals surface area contributed by atoms with E-state index < -0.39 is 5.97 Å². The van der Waals surface area contributed by atoms with Crippen LogP contribution < -0.4 is 5.32 Å². The van der Waals surface area contributed by atoms with Crippen LogP contribution >= 0.6 is 0 Å². The quantitative estimate of drug-likeness (QED) is 0.530. The molecule has 4 heteroatoms. The van der Waals surface area contributed by atoms with Gasteiger partial charge in [-0.3, -0.25) is 0 Å². The molecule has 0 atom stereocenters. The Kier molecular flexibility index (Phi) is 5.58. The van der Waals surface area contributed by atoms with Crippen molar-refractivity contribution in [3.05, 3.63) is 35.4 Å². The largest absolute Gasteiger partial charge is 0.343 e. The lowest BCUT2D eigenvalue weighted by Crippen LogP contribution is -2.39. The molecule has 17 heavy (non-hydrogen) atoms. The second-order valence-corrected chi connectivity index (χ2v) is 4.25. The van der Waals surface area contributed by atoms with Crippen molar-refractivity contribution in [2.24, 2.45) is 0 Å². The van der Waals surface area contributed by atoms with E-state index >= 15 is 0 Å². The molecule has 1 aromatic rings. The molecule has 0 aliphatic rings. The average Bonchev–Trinajstić information content (AvgIpc) is 2.26. The monoisotopic (exact) mass is 239 g/mol. The number of aliphatic hydroxyl groups is 3. The smallest absolute Gasteiger partial charge is 0.288 e. The molecule has 1 rings (SSSR count). The van der Waals surface area contributed by atoms with Crippen LogP contribution in [0.3, 0.4) is 0 Å². The molecule has 4 N–H and O–H groups in total. The zero-order valence-corrected chi connectivity index (χ0v) is 10.2. The van der Waals surface area contributed by atoms with Gasteiger partial charge < -0.3 is 20.6 Å². The van der Waals surface area contributed by atoms with E-state index in [-0.39, 0.29) is 6.54 Å². The zero-order chi connectivity index (χ0) is 12.7. The fraction of sp³-hybridized carbons (Fsp3) is 0.538. The Bertz CT molecular complexity index is 334. The van der Waals surface area contributed by atoms with Crippen LogP contribution in [-0.2, 0) is 13.0 Å². The lowest BCUT2D eigenvalue weighted by molar-refractivity contribution is -0.306. The first-order valence-electron chi connectivity index (χ1n) is 5.97. The summed E-state index contributed by atoms with van der Waals surface area (Å²) < 4.78 is 0. The summed E-state index contributed by atoms with van der Waals surface area (Å²) in [7, 11) is 0. The highest BCUT2D eigenvalue weighted by Gasteiger charge is 2.16. The molecule has 1 aromatic carbocycles. The number of hydrogen-bond acceptors (Lipinski definition) is 4. The van der Waals surface area contributed by atoms with Gasteiger partial charge in [0.15, 0.2) is 0 Å². The van der Waals surface area contributed by atoms with Crippen molar-refractivity contribution in [2.75, 3.05) is 6.54 Å². The molecular formula is C13H21NO3. The Balaban J connectivity index is 2.51. The first-order chi connectivity index (χ1) is 8.03. The molecule has 0 aliphatic carbocycles. The third-order valence-electron chi connectivity index (χ3n) is 2.60. The molecule has 4 nitrogen and oxygen atoms in total. The number of unbranched alkanes of at least 4 members (excludes halogenated alkanes) is 1. The van der Waals surface area contributed by atoms with Crippen molar-refractivity contribution >= 4 is 0 Å². The third-order valence-corrected chi connectivity index (χ3v) is 2.60. The highest BCUT2D eigenvalue weighted by Crippen LogP contribution is 2.12. The topological polar surface area (TPSA) is 72.7 Å². The predicted molar refractivity (Wildman–Crippen MR) is 66.1 cm³/mol. The van der Waals surface area contributed by atoms with Crippen LogP contribution in [0.4, 0.5) is 0 Å². The Hall–Kier alpha value is -0.940. The molecule has 0 unspecified atom stereocenters. The summed E-state index contributed by atoms with van der Waals surface area (Å²) in [4.78, 5) is 0. The van der Waals surface area contributed by atoms with Gasteiger partial charge in [0.25, 0.3) is 5.97 Å². The molecule has 96 valence electrons. The lowest BCUT2D eigenvalue weighted by atomic mass is 10.0. The first-order valence-corrected chi connectivity index (χ1v) is 5.97. The molecular weight excluding hydrogens is 218 g/mol. The Morgan fingerprint density at radius 1 is 1.12 bits per heavy atom. The minimum atomic E-state index is -2.64. The summed E-state index contributed by atoms with van der Waals surface area (Å²) in [5.74, 6) is -2.64. The molecule has 0 radical (unpaired) electrons. The summed E-state index contributed by atoms with van der Waals surface area (Å²) >= 11 is 0. The summed E-state index contributed by atoms with van der Waals surface area (Å²) in [5.41, 5.74) is 2.39. The van der Waals surface area contributed by atoms with Crippen LogP contribution in [0.15, 0.2) is 24.3 Å². The summed E-state index contributed by atoms with van der Waals surface area (Å²) in [6, 6.07) is 8.04. The van der Waals surface area contributed by atoms with Gasteiger partial charge in [-0.15, -0.1) is 0 Å². The third kappa shape index (κ3) is 5.79. The molecule has 0 saturated heterocycles. The summed E-state index contributed by atoms with van der Waals surface area (Å²) in [6.07, 6.45) is 3.31. The van der Waals surface area contributed by atoms with Crippen molar-refractivity contribution < 1.29 is 15.3 Å². The minimum absolute atomic E-state index is 0.269. The highest BCUT2D eigenvalue weighted by molar-refractivity contribution is 5.27. The second kappa shape index (κ2) is 6.71. The Morgan fingerprint density at radius 2 is 1.76 bits per heavy atom. The van der Waals surface area contributed by atoms with Gasteiger partial charge in [-0.1, -0.05) is 37.6 Å². The van der Waals surface area contributed by atoms with Crippen molar-refractivity contribution in [3.63, 3.8) is 0 Å². The van der Waals surface area contributed by atoms with Crippen molar-refractivity contribution in [1.82, 2.24) is 5.32 Å². The molecule has 0 saturated carbocycles. The minimum Gasteiger partial charge on any atom is -0.343 e. The van der Waals surface area contributed by atoms with Gasteiger partial charge in [0.2, 0.25) is 0 Å². The van der Waals surface area contributed by atoms with E-state index in [4.69, 9.17) is 15.3 Å². The van der Waals surface area contributed by atoms with Gasteiger partial charge >= 0.3 is 0 Å². The molecule has 0 aliphatic heterocycles. The average molecular weight is 239 g/mol.